The molecule has 0 aromatic heterocycles. The Morgan fingerprint density at radius 1 is 1.21 bits per heavy atom. The van der Waals surface area contributed by atoms with Gasteiger partial charge in [-0.25, -0.2) is 0 Å². The SMILES string of the molecule is CCCCOc1ccc(CNC(=O)C2CCN(C(C)=O)CC2)cc1. The molecule has 1 heterocycles. The molecule has 1 aliphatic rings. The van der Waals surface area contributed by atoms with Gasteiger partial charge < -0.3 is 15.0 Å². The molecular formula is C19H28N2O3. The fourth-order valence-corrected chi connectivity index (χ4v) is 2.83. The molecule has 24 heavy (non-hydrogen) atoms. The lowest BCUT2D eigenvalue weighted by Gasteiger charge is -2.30. The fourth-order valence-electron chi connectivity index (χ4n) is 2.83. The highest BCUT2D eigenvalue weighted by Crippen LogP contribution is 2.18. The first-order valence-corrected chi connectivity index (χ1v) is 8.85. The average molecular weight is 332 g/mol. The van der Waals surface area contributed by atoms with Crippen molar-refractivity contribution >= 4 is 11.8 Å². The van der Waals surface area contributed by atoms with Crippen LogP contribution >= 0.6 is 0 Å². The summed E-state index contributed by atoms with van der Waals surface area (Å²) >= 11 is 0. The van der Waals surface area contributed by atoms with Crippen molar-refractivity contribution in [2.24, 2.45) is 5.92 Å². The van der Waals surface area contributed by atoms with E-state index in [1.807, 2.05) is 24.3 Å². The molecular weight excluding hydrogens is 304 g/mol. The molecule has 1 aromatic rings. The third-order valence-electron chi connectivity index (χ3n) is 4.47. The molecule has 1 saturated heterocycles. The molecule has 0 radical (unpaired) electrons. The summed E-state index contributed by atoms with van der Waals surface area (Å²) in [5.41, 5.74) is 1.06. The molecule has 1 fully saturated rings. The molecule has 0 unspecified atom stereocenters. The number of hydrogen-bond donors (Lipinski definition) is 1. The Labute approximate surface area is 144 Å². The maximum atomic E-state index is 12.3. The number of piperidine rings is 1. The van der Waals surface area contributed by atoms with Crippen LogP contribution in [0.3, 0.4) is 0 Å². The van der Waals surface area contributed by atoms with Crippen molar-refractivity contribution in [1.29, 1.82) is 0 Å². The van der Waals surface area contributed by atoms with E-state index in [-0.39, 0.29) is 17.7 Å². The number of carbonyl (C=O) groups is 2. The largest absolute Gasteiger partial charge is 0.494 e. The van der Waals surface area contributed by atoms with Gasteiger partial charge in [0.1, 0.15) is 5.75 Å². The highest BCUT2D eigenvalue weighted by atomic mass is 16.5. The first-order chi connectivity index (χ1) is 11.6. The zero-order valence-electron chi connectivity index (χ0n) is 14.7. The van der Waals surface area contributed by atoms with E-state index in [1.54, 1.807) is 11.8 Å². The predicted octanol–water partition coefficient (Wildman–Crippen LogP) is 2.74. The molecule has 2 amide bonds. The van der Waals surface area contributed by atoms with Gasteiger partial charge in [0, 0.05) is 32.5 Å². The minimum atomic E-state index is 0.0113. The van der Waals surface area contributed by atoms with Gasteiger partial charge in [-0.15, -0.1) is 0 Å². The second-order valence-electron chi connectivity index (χ2n) is 6.34. The quantitative estimate of drug-likeness (QED) is 0.781. The van der Waals surface area contributed by atoms with Crippen LogP contribution in [0.4, 0.5) is 0 Å². The number of hydrogen-bond acceptors (Lipinski definition) is 3. The van der Waals surface area contributed by atoms with Crippen LogP contribution in [0.2, 0.25) is 0 Å². The van der Waals surface area contributed by atoms with E-state index >= 15 is 0 Å². The maximum Gasteiger partial charge on any atom is 0.223 e. The lowest BCUT2D eigenvalue weighted by Crippen LogP contribution is -2.42. The number of rotatable bonds is 7. The van der Waals surface area contributed by atoms with E-state index in [0.717, 1.165) is 43.6 Å². The van der Waals surface area contributed by atoms with Gasteiger partial charge in [-0.1, -0.05) is 25.5 Å². The number of carbonyl (C=O) groups excluding carboxylic acids is 2. The first kappa shape index (κ1) is 18.3. The normalized spacial score (nSPS) is 15.2. The summed E-state index contributed by atoms with van der Waals surface area (Å²) < 4.78 is 5.63. The summed E-state index contributed by atoms with van der Waals surface area (Å²) in [6.45, 7) is 6.34. The van der Waals surface area contributed by atoms with E-state index in [0.29, 0.717) is 19.6 Å². The number of nitrogens with one attached hydrogen (secondary N) is 1. The number of unbranched alkanes of at least 4 members (excludes halogenated alkanes) is 1. The van der Waals surface area contributed by atoms with Crippen LogP contribution in [0.25, 0.3) is 0 Å². The predicted molar refractivity (Wildman–Crippen MR) is 93.7 cm³/mol. The second kappa shape index (κ2) is 9.30. The Morgan fingerprint density at radius 3 is 2.46 bits per heavy atom. The molecule has 0 spiro atoms. The fraction of sp³-hybridized carbons (Fsp3) is 0.579. The molecule has 0 bridgehead atoms. The zero-order chi connectivity index (χ0) is 17.4. The Hall–Kier alpha value is -2.04. The summed E-state index contributed by atoms with van der Waals surface area (Å²) in [6, 6.07) is 7.87. The summed E-state index contributed by atoms with van der Waals surface area (Å²) in [5.74, 6) is 1.06. The Bertz CT molecular complexity index is 534. The van der Waals surface area contributed by atoms with E-state index in [9.17, 15) is 9.59 Å². The summed E-state index contributed by atoms with van der Waals surface area (Å²) in [5, 5.41) is 3.00. The molecule has 5 heteroatoms. The van der Waals surface area contributed by atoms with Gasteiger partial charge in [0.15, 0.2) is 0 Å². The minimum Gasteiger partial charge on any atom is -0.494 e. The highest BCUT2D eigenvalue weighted by molar-refractivity contribution is 5.79. The number of likely N-dealkylation sites (tertiary alicyclic amines) is 1. The van der Waals surface area contributed by atoms with Crippen LogP contribution < -0.4 is 10.1 Å². The molecule has 1 aliphatic heterocycles. The molecule has 132 valence electrons. The zero-order valence-corrected chi connectivity index (χ0v) is 14.7. The number of amides is 2. The van der Waals surface area contributed by atoms with Crippen molar-refractivity contribution < 1.29 is 14.3 Å². The van der Waals surface area contributed by atoms with E-state index in [2.05, 4.69) is 12.2 Å². The van der Waals surface area contributed by atoms with Crippen molar-refractivity contribution in [2.75, 3.05) is 19.7 Å². The molecule has 1 aromatic carbocycles. The Balaban J connectivity index is 1.73. The standard InChI is InChI=1S/C19H28N2O3/c1-3-4-13-24-18-7-5-16(6-8-18)14-20-19(23)17-9-11-21(12-10-17)15(2)22/h5-8,17H,3-4,9-14H2,1-2H3,(H,20,23). The van der Waals surface area contributed by atoms with Crippen LogP contribution in [0.15, 0.2) is 24.3 Å². The van der Waals surface area contributed by atoms with Crippen LogP contribution in [0, 0.1) is 5.92 Å². The molecule has 2 rings (SSSR count). The number of ether oxygens (including phenoxy) is 1. The average Bonchev–Trinajstić information content (AvgIpc) is 2.61. The van der Waals surface area contributed by atoms with Gasteiger partial charge >= 0.3 is 0 Å². The topological polar surface area (TPSA) is 58.6 Å². The van der Waals surface area contributed by atoms with Crippen LogP contribution in [0.1, 0.15) is 45.1 Å². The van der Waals surface area contributed by atoms with Crippen molar-refractivity contribution in [3.63, 3.8) is 0 Å². The number of nitrogens with zero attached hydrogens (tertiary/aromatic N) is 1. The lowest BCUT2D eigenvalue weighted by atomic mass is 9.96. The van der Waals surface area contributed by atoms with Crippen molar-refractivity contribution in [3.8, 4) is 5.75 Å². The third kappa shape index (κ3) is 5.55. The lowest BCUT2D eigenvalue weighted by molar-refractivity contribution is -0.134. The monoisotopic (exact) mass is 332 g/mol. The molecule has 1 N–H and O–H groups in total. The molecule has 0 atom stereocenters. The van der Waals surface area contributed by atoms with E-state index in [1.165, 1.54) is 0 Å². The number of benzene rings is 1. The van der Waals surface area contributed by atoms with Crippen molar-refractivity contribution in [3.05, 3.63) is 29.8 Å². The van der Waals surface area contributed by atoms with Gasteiger partial charge in [0.2, 0.25) is 11.8 Å². The minimum absolute atomic E-state index is 0.0113. The second-order valence-corrected chi connectivity index (χ2v) is 6.34. The molecule has 0 saturated carbocycles. The summed E-state index contributed by atoms with van der Waals surface area (Å²) in [7, 11) is 0. The van der Waals surface area contributed by atoms with Crippen molar-refractivity contribution in [1.82, 2.24) is 10.2 Å². The summed E-state index contributed by atoms with van der Waals surface area (Å²) in [6.07, 6.45) is 3.67. The van der Waals surface area contributed by atoms with Gasteiger partial charge in [-0.3, -0.25) is 9.59 Å². The Kier molecular flexibility index (Phi) is 7.09. The first-order valence-electron chi connectivity index (χ1n) is 8.85. The van der Waals surface area contributed by atoms with Gasteiger partial charge in [0.05, 0.1) is 6.61 Å². The van der Waals surface area contributed by atoms with Crippen LogP contribution in [-0.2, 0) is 16.1 Å². The Morgan fingerprint density at radius 2 is 1.88 bits per heavy atom. The molecule has 0 aliphatic carbocycles. The van der Waals surface area contributed by atoms with Gasteiger partial charge in [-0.2, -0.15) is 0 Å². The van der Waals surface area contributed by atoms with E-state index < -0.39 is 0 Å². The van der Waals surface area contributed by atoms with Crippen molar-refractivity contribution in [2.45, 2.75) is 46.1 Å². The van der Waals surface area contributed by atoms with Gasteiger partial charge in [-0.05, 0) is 37.0 Å². The van der Waals surface area contributed by atoms with Gasteiger partial charge in [0.25, 0.3) is 0 Å². The van der Waals surface area contributed by atoms with E-state index in [4.69, 9.17) is 4.74 Å². The highest BCUT2D eigenvalue weighted by Gasteiger charge is 2.25. The summed E-state index contributed by atoms with van der Waals surface area (Å²) in [4.78, 5) is 25.4. The van der Waals surface area contributed by atoms with Crippen LogP contribution in [0.5, 0.6) is 5.75 Å². The van der Waals surface area contributed by atoms with Crippen LogP contribution in [-0.4, -0.2) is 36.4 Å². The molecule has 5 nitrogen and oxygen atoms in total. The third-order valence-corrected chi connectivity index (χ3v) is 4.47. The maximum absolute atomic E-state index is 12.3. The smallest absolute Gasteiger partial charge is 0.223 e.